The van der Waals surface area contributed by atoms with E-state index in [4.69, 9.17) is 4.42 Å². The Kier molecular flexibility index (Phi) is 5.02. The third kappa shape index (κ3) is 3.97. The quantitative estimate of drug-likeness (QED) is 0.589. The second-order valence-electron chi connectivity index (χ2n) is 4.55. The fraction of sp³-hybridized carbons (Fsp3) is 0.583. The van der Waals surface area contributed by atoms with Gasteiger partial charge in [0.05, 0.1) is 18.3 Å². The second-order valence-corrected chi connectivity index (χ2v) is 6.64. The summed E-state index contributed by atoms with van der Waals surface area (Å²) < 4.78 is 29.8. The molecule has 2 N–H and O–H groups in total. The van der Waals surface area contributed by atoms with Gasteiger partial charge < -0.3 is 15.1 Å². The number of rotatable bonds is 5. The maximum absolute atomic E-state index is 11.6. The summed E-state index contributed by atoms with van der Waals surface area (Å²) in [5.74, 6) is 0.906. The van der Waals surface area contributed by atoms with Gasteiger partial charge in [-0.05, 0) is 12.5 Å². The first kappa shape index (κ1) is 14.9. The van der Waals surface area contributed by atoms with Crippen LogP contribution in [0.25, 0.3) is 0 Å². The van der Waals surface area contributed by atoms with Crippen LogP contribution in [0.1, 0.15) is 12.0 Å². The molecule has 1 aliphatic rings. The fourth-order valence-electron chi connectivity index (χ4n) is 2.04. The molecule has 112 valence electrons. The lowest BCUT2D eigenvalue weighted by Gasteiger charge is -2.16. The van der Waals surface area contributed by atoms with Crippen molar-refractivity contribution in [2.45, 2.75) is 13.0 Å². The van der Waals surface area contributed by atoms with Crippen molar-refractivity contribution in [3.05, 3.63) is 24.2 Å². The normalized spacial score (nSPS) is 19.1. The van der Waals surface area contributed by atoms with E-state index in [0.717, 1.165) is 12.0 Å². The first-order valence-electron chi connectivity index (χ1n) is 6.55. The predicted octanol–water partition coefficient (Wildman–Crippen LogP) is -0.0199. The highest BCUT2D eigenvalue weighted by Crippen LogP contribution is 2.11. The average Bonchev–Trinajstić information content (AvgIpc) is 3.03. The lowest BCUT2D eigenvalue weighted by atomic mass is 10.3. The van der Waals surface area contributed by atoms with Crippen molar-refractivity contribution in [1.82, 2.24) is 14.9 Å². The van der Waals surface area contributed by atoms with Gasteiger partial charge in [0.1, 0.15) is 0 Å². The van der Waals surface area contributed by atoms with E-state index < -0.39 is 10.0 Å². The molecular formula is C12H20N4O3S. The standard InChI is InChI=1S/C12H20N4O3S/c1-13-12(15-9-11-3-7-19-10-11)14-4-6-16-5-2-8-20(16,17)18/h3,7,10H,2,4-6,8-9H2,1H3,(H2,13,14,15). The largest absolute Gasteiger partial charge is 0.472 e. The van der Waals surface area contributed by atoms with E-state index in [1.54, 1.807) is 19.6 Å². The van der Waals surface area contributed by atoms with E-state index in [1.807, 2.05) is 6.07 Å². The summed E-state index contributed by atoms with van der Waals surface area (Å²) in [6.07, 6.45) is 4.00. The Labute approximate surface area is 119 Å². The van der Waals surface area contributed by atoms with Crippen LogP contribution in [-0.4, -0.2) is 51.1 Å². The molecule has 20 heavy (non-hydrogen) atoms. The van der Waals surface area contributed by atoms with Crippen LogP contribution < -0.4 is 10.6 Å². The van der Waals surface area contributed by atoms with Gasteiger partial charge in [-0.15, -0.1) is 0 Å². The fourth-order valence-corrected chi connectivity index (χ4v) is 3.57. The Morgan fingerprint density at radius 2 is 2.35 bits per heavy atom. The summed E-state index contributed by atoms with van der Waals surface area (Å²) in [5.41, 5.74) is 1.02. The monoisotopic (exact) mass is 300 g/mol. The first-order valence-corrected chi connectivity index (χ1v) is 8.16. The summed E-state index contributed by atoms with van der Waals surface area (Å²) in [5, 5.41) is 6.23. The van der Waals surface area contributed by atoms with Gasteiger partial charge in [0, 0.05) is 38.8 Å². The second kappa shape index (κ2) is 6.76. The molecule has 2 heterocycles. The van der Waals surface area contributed by atoms with Crippen molar-refractivity contribution in [2.24, 2.45) is 4.99 Å². The molecule has 0 radical (unpaired) electrons. The number of nitrogens with zero attached hydrogens (tertiary/aromatic N) is 2. The molecule has 8 heteroatoms. The molecule has 0 saturated carbocycles. The van der Waals surface area contributed by atoms with Crippen molar-refractivity contribution < 1.29 is 12.8 Å². The average molecular weight is 300 g/mol. The summed E-state index contributed by atoms with van der Waals surface area (Å²) in [4.78, 5) is 4.08. The highest BCUT2D eigenvalue weighted by molar-refractivity contribution is 7.89. The maximum Gasteiger partial charge on any atom is 0.214 e. The molecule has 1 aromatic rings. The van der Waals surface area contributed by atoms with E-state index in [1.165, 1.54) is 4.31 Å². The van der Waals surface area contributed by atoms with Crippen molar-refractivity contribution >= 4 is 16.0 Å². The number of hydrogen-bond donors (Lipinski definition) is 2. The predicted molar refractivity (Wildman–Crippen MR) is 76.9 cm³/mol. The van der Waals surface area contributed by atoms with Crippen LogP contribution >= 0.6 is 0 Å². The molecule has 0 spiro atoms. The molecule has 1 fully saturated rings. The number of sulfonamides is 1. The van der Waals surface area contributed by atoms with E-state index in [-0.39, 0.29) is 5.75 Å². The van der Waals surface area contributed by atoms with Crippen molar-refractivity contribution in [3.8, 4) is 0 Å². The smallest absolute Gasteiger partial charge is 0.214 e. The Hall–Kier alpha value is -1.54. The Bertz CT molecular complexity index is 539. The van der Waals surface area contributed by atoms with Crippen LogP contribution in [0.3, 0.4) is 0 Å². The van der Waals surface area contributed by atoms with Gasteiger partial charge >= 0.3 is 0 Å². The zero-order valence-corrected chi connectivity index (χ0v) is 12.3. The molecule has 2 rings (SSSR count). The number of aliphatic imine (C=N–C) groups is 1. The third-order valence-corrected chi connectivity index (χ3v) is 5.08. The highest BCUT2D eigenvalue weighted by atomic mass is 32.2. The molecule has 1 aromatic heterocycles. The first-order chi connectivity index (χ1) is 9.62. The zero-order valence-electron chi connectivity index (χ0n) is 11.5. The topological polar surface area (TPSA) is 86.9 Å². The number of nitrogens with one attached hydrogen (secondary N) is 2. The lowest BCUT2D eigenvalue weighted by Crippen LogP contribution is -2.41. The highest BCUT2D eigenvalue weighted by Gasteiger charge is 2.27. The molecular weight excluding hydrogens is 280 g/mol. The minimum absolute atomic E-state index is 0.264. The van der Waals surface area contributed by atoms with Crippen molar-refractivity contribution in [3.63, 3.8) is 0 Å². The van der Waals surface area contributed by atoms with Crippen LogP contribution in [0.4, 0.5) is 0 Å². The van der Waals surface area contributed by atoms with E-state index in [9.17, 15) is 8.42 Å². The van der Waals surface area contributed by atoms with Crippen LogP contribution in [0.2, 0.25) is 0 Å². The molecule has 1 aliphatic heterocycles. The molecule has 7 nitrogen and oxygen atoms in total. The number of hydrogen-bond acceptors (Lipinski definition) is 4. The van der Waals surface area contributed by atoms with E-state index >= 15 is 0 Å². The van der Waals surface area contributed by atoms with Gasteiger partial charge in [-0.2, -0.15) is 0 Å². The summed E-state index contributed by atoms with van der Waals surface area (Å²) in [7, 11) is -1.34. The van der Waals surface area contributed by atoms with Crippen molar-refractivity contribution in [1.29, 1.82) is 0 Å². The molecule has 0 aliphatic carbocycles. The van der Waals surface area contributed by atoms with E-state index in [2.05, 4.69) is 15.6 Å². The van der Waals surface area contributed by atoms with Crippen molar-refractivity contribution in [2.75, 3.05) is 32.4 Å². The van der Waals surface area contributed by atoms with Gasteiger partial charge in [-0.25, -0.2) is 12.7 Å². The molecule has 0 atom stereocenters. The van der Waals surface area contributed by atoms with Crippen LogP contribution in [0, 0.1) is 0 Å². The summed E-state index contributed by atoms with van der Waals surface area (Å²) >= 11 is 0. The molecule has 1 saturated heterocycles. The van der Waals surface area contributed by atoms with E-state index in [0.29, 0.717) is 32.1 Å². The molecule has 0 bridgehead atoms. The third-order valence-electron chi connectivity index (χ3n) is 3.12. The lowest BCUT2D eigenvalue weighted by molar-refractivity contribution is 0.445. The number of guanidine groups is 1. The minimum atomic E-state index is -3.02. The van der Waals surface area contributed by atoms with Gasteiger partial charge in [0.15, 0.2) is 5.96 Å². The van der Waals surface area contributed by atoms with Gasteiger partial charge in [0.25, 0.3) is 0 Å². The Morgan fingerprint density at radius 3 is 2.95 bits per heavy atom. The number of furan rings is 1. The minimum Gasteiger partial charge on any atom is -0.472 e. The maximum atomic E-state index is 11.6. The molecule has 0 aromatic carbocycles. The molecule has 0 unspecified atom stereocenters. The van der Waals surface area contributed by atoms with Gasteiger partial charge in [0.2, 0.25) is 10.0 Å². The summed E-state index contributed by atoms with van der Waals surface area (Å²) in [6, 6.07) is 1.87. The van der Waals surface area contributed by atoms with Crippen LogP contribution in [-0.2, 0) is 16.6 Å². The van der Waals surface area contributed by atoms with Gasteiger partial charge in [-0.3, -0.25) is 4.99 Å². The zero-order chi connectivity index (χ0) is 14.4. The summed E-state index contributed by atoms with van der Waals surface area (Å²) in [6.45, 7) is 2.22. The van der Waals surface area contributed by atoms with Crippen LogP contribution in [0.15, 0.2) is 28.0 Å². The van der Waals surface area contributed by atoms with Crippen LogP contribution in [0.5, 0.6) is 0 Å². The SMILES string of the molecule is CN=C(NCCN1CCCS1(=O)=O)NCc1ccoc1. The molecule has 0 amide bonds. The Morgan fingerprint density at radius 1 is 1.50 bits per heavy atom. The van der Waals surface area contributed by atoms with Gasteiger partial charge in [-0.1, -0.05) is 0 Å². The Balaban J connectivity index is 1.72.